The van der Waals surface area contributed by atoms with Crippen LogP contribution in [0.25, 0.3) is 0 Å². The van der Waals surface area contributed by atoms with Gasteiger partial charge in [0.05, 0.1) is 5.56 Å². The predicted molar refractivity (Wildman–Crippen MR) is 88.6 cm³/mol. The lowest BCUT2D eigenvalue weighted by atomic mass is 10.1. The normalized spacial score (nSPS) is 10.2. The number of hydrogen-bond donors (Lipinski definition) is 1. The third-order valence-corrected chi connectivity index (χ3v) is 3.85. The van der Waals surface area contributed by atoms with Crippen LogP contribution in [0.5, 0.6) is 0 Å². The van der Waals surface area contributed by atoms with Gasteiger partial charge in [0.1, 0.15) is 0 Å². The lowest BCUT2D eigenvalue weighted by Crippen LogP contribution is -2.13. The zero-order chi connectivity index (χ0) is 14.7. The van der Waals surface area contributed by atoms with Gasteiger partial charge in [-0.3, -0.25) is 9.59 Å². The highest BCUT2D eigenvalue weighted by molar-refractivity contribution is 14.1. The standard InChI is InChI=1S/C15H11ClINO2/c1-9(19)10-2-5-12(6-3-10)18-15(20)13-7-4-11(16)8-14(13)17/h2-8H,1H3,(H,18,20). The molecule has 0 saturated heterocycles. The second kappa shape index (κ2) is 6.37. The second-order valence-electron chi connectivity index (χ2n) is 4.21. The number of amides is 1. The molecule has 1 amide bonds. The number of nitrogens with one attached hydrogen (secondary N) is 1. The molecule has 2 rings (SSSR count). The monoisotopic (exact) mass is 399 g/mol. The van der Waals surface area contributed by atoms with E-state index < -0.39 is 0 Å². The third-order valence-electron chi connectivity index (χ3n) is 2.73. The van der Waals surface area contributed by atoms with Crippen molar-refractivity contribution in [2.24, 2.45) is 0 Å². The van der Waals surface area contributed by atoms with Crippen LogP contribution in [0.2, 0.25) is 5.02 Å². The molecule has 0 aliphatic heterocycles. The van der Waals surface area contributed by atoms with Gasteiger partial charge in [-0.05, 0) is 72.0 Å². The Bertz CT molecular complexity index is 668. The Morgan fingerprint density at radius 2 is 1.75 bits per heavy atom. The number of hydrogen-bond acceptors (Lipinski definition) is 2. The molecule has 0 aliphatic rings. The van der Waals surface area contributed by atoms with E-state index in [9.17, 15) is 9.59 Å². The van der Waals surface area contributed by atoms with Crippen molar-refractivity contribution in [2.45, 2.75) is 6.92 Å². The third kappa shape index (κ3) is 3.58. The Kier molecular flexibility index (Phi) is 4.77. The summed E-state index contributed by atoms with van der Waals surface area (Å²) in [6, 6.07) is 11.9. The fourth-order valence-electron chi connectivity index (χ4n) is 1.66. The van der Waals surface area contributed by atoms with E-state index in [1.807, 2.05) is 0 Å². The van der Waals surface area contributed by atoms with Crippen LogP contribution in [0, 0.1) is 3.57 Å². The molecule has 0 spiro atoms. The van der Waals surface area contributed by atoms with E-state index >= 15 is 0 Å². The maximum absolute atomic E-state index is 12.1. The highest BCUT2D eigenvalue weighted by Gasteiger charge is 2.10. The Morgan fingerprint density at radius 1 is 1.10 bits per heavy atom. The van der Waals surface area contributed by atoms with Crippen molar-refractivity contribution in [3.8, 4) is 0 Å². The fourth-order valence-corrected chi connectivity index (χ4v) is 2.78. The molecular weight excluding hydrogens is 389 g/mol. The SMILES string of the molecule is CC(=O)c1ccc(NC(=O)c2ccc(Cl)cc2I)cc1. The van der Waals surface area contributed by atoms with Gasteiger partial charge in [0.2, 0.25) is 0 Å². The van der Waals surface area contributed by atoms with Crippen LogP contribution >= 0.6 is 34.2 Å². The van der Waals surface area contributed by atoms with Crippen molar-refractivity contribution in [3.05, 3.63) is 62.2 Å². The Balaban J connectivity index is 2.17. The Hall–Kier alpha value is -1.40. The number of Topliss-reactive ketones (excluding diaryl/α,β-unsaturated/α-hetero) is 1. The van der Waals surface area contributed by atoms with E-state index in [2.05, 4.69) is 27.9 Å². The maximum Gasteiger partial charge on any atom is 0.256 e. The number of rotatable bonds is 3. The second-order valence-corrected chi connectivity index (χ2v) is 5.81. The van der Waals surface area contributed by atoms with Crippen LogP contribution in [-0.4, -0.2) is 11.7 Å². The molecule has 1 N–H and O–H groups in total. The molecule has 3 nitrogen and oxygen atoms in total. The highest BCUT2D eigenvalue weighted by atomic mass is 127. The summed E-state index contributed by atoms with van der Waals surface area (Å²) in [6.45, 7) is 1.50. The van der Waals surface area contributed by atoms with E-state index in [-0.39, 0.29) is 11.7 Å². The molecule has 0 bridgehead atoms. The van der Waals surface area contributed by atoms with E-state index in [0.29, 0.717) is 21.8 Å². The van der Waals surface area contributed by atoms with Crippen LogP contribution in [-0.2, 0) is 0 Å². The number of carbonyl (C=O) groups excluding carboxylic acids is 2. The van der Waals surface area contributed by atoms with Gasteiger partial charge in [0, 0.05) is 19.8 Å². The van der Waals surface area contributed by atoms with Crippen molar-refractivity contribution in [3.63, 3.8) is 0 Å². The molecule has 2 aromatic carbocycles. The van der Waals surface area contributed by atoms with Crippen LogP contribution in [0.3, 0.4) is 0 Å². The molecule has 5 heteroatoms. The first-order chi connectivity index (χ1) is 9.47. The smallest absolute Gasteiger partial charge is 0.256 e. The molecule has 0 unspecified atom stereocenters. The number of benzene rings is 2. The average molecular weight is 400 g/mol. The number of anilines is 1. The van der Waals surface area contributed by atoms with Crippen molar-refractivity contribution in [1.82, 2.24) is 0 Å². The van der Waals surface area contributed by atoms with Gasteiger partial charge in [0.15, 0.2) is 5.78 Å². The highest BCUT2D eigenvalue weighted by Crippen LogP contribution is 2.19. The van der Waals surface area contributed by atoms with Crippen LogP contribution in [0.4, 0.5) is 5.69 Å². The Morgan fingerprint density at radius 3 is 2.30 bits per heavy atom. The summed E-state index contributed by atoms with van der Waals surface area (Å²) >= 11 is 7.93. The van der Waals surface area contributed by atoms with Crippen molar-refractivity contribution >= 4 is 51.6 Å². The molecule has 0 atom stereocenters. The summed E-state index contributed by atoms with van der Waals surface area (Å²) in [5, 5.41) is 3.38. The molecule has 0 fully saturated rings. The fraction of sp³-hybridized carbons (Fsp3) is 0.0667. The summed E-state index contributed by atoms with van der Waals surface area (Å²) in [7, 11) is 0. The van der Waals surface area contributed by atoms with E-state index in [0.717, 1.165) is 3.57 Å². The molecule has 102 valence electrons. The van der Waals surface area contributed by atoms with Gasteiger partial charge >= 0.3 is 0 Å². The molecule has 0 saturated carbocycles. The van der Waals surface area contributed by atoms with Gasteiger partial charge in [-0.15, -0.1) is 0 Å². The average Bonchev–Trinajstić information content (AvgIpc) is 2.39. The molecule has 20 heavy (non-hydrogen) atoms. The largest absolute Gasteiger partial charge is 0.322 e. The minimum Gasteiger partial charge on any atom is -0.322 e. The molecular formula is C15H11ClINO2. The van der Waals surface area contributed by atoms with Crippen LogP contribution < -0.4 is 5.32 Å². The molecule has 0 heterocycles. The van der Waals surface area contributed by atoms with E-state index in [1.165, 1.54) is 6.92 Å². The molecule has 0 aromatic heterocycles. The summed E-state index contributed by atoms with van der Waals surface area (Å²) in [4.78, 5) is 23.3. The first-order valence-electron chi connectivity index (χ1n) is 5.85. The topological polar surface area (TPSA) is 46.2 Å². The van der Waals surface area contributed by atoms with E-state index in [1.54, 1.807) is 42.5 Å². The minimum atomic E-state index is -0.207. The van der Waals surface area contributed by atoms with Crippen molar-refractivity contribution in [2.75, 3.05) is 5.32 Å². The van der Waals surface area contributed by atoms with Crippen LogP contribution in [0.15, 0.2) is 42.5 Å². The van der Waals surface area contributed by atoms with Gasteiger partial charge in [-0.2, -0.15) is 0 Å². The summed E-state index contributed by atoms with van der Waals surface area (Å²) in [6.07, 6.45) is 0. The predicted octanol–water partition coefficient (Wildman–Crippen LogP) is 4.40. The van der Waals surface area contributed by atoms with E-state index in [4.69, 9.17) is 11.6 Å². The maximum atomic E-state index is 12.1. The summed E-state index contributed by atoms with van der Waals surface area (Å²) < 4.78 is 0.785. The summed E-state index contributed by atoms with van der Waals surface area (Å²) in [5.74, 6) is -0.211. The first-order valence-corrected chi connectivity index (χ1v) is 7.30. The summed E-state index contributed by atoms with van der Waals surface area (Å²) in [5.41, 5.74) is 1.82. The quantitative estimate of drug-likeness (QED) is 0.614. The van der Waals surface area contributed by atoms with Gasteiger partial charge in [-0.25, -0.2) is 0 Å². The molecule has 2 aromatic rings. The lowest BCUT2D eigenvalue weighted by molar-refractivity contribution is 0.101. The Labute approximate surface area is 135 Å². The van der Waals surface area contributed by atoms with Gasteiger partial charge in [0.25, 0.3) is 5.91 Å². The lowest BCUT2D eigenvalue weighted by Gasteiger charge is -2.07. The van der Waals surface area contributed by atoms with Crippen molar-refractivity contribution < 1.29 is 9.59 Å². The number of ketones is 1. The molecule has 0 aliphatic carbocycles. The molecule has 0 radical (unpaired) electrons. The van der Waals surface area contributed by atoms with Crippen molar-refractivity contribution in [1.29, 1.82) is 0 Å². The first kappa shape index (κ1) is 15.0. The van der Waals surface area contributed by atoms with Crippen LogP contribution in [0.1, 0.15) is 27.6 Å². The number of halogens is 2. The zero-order valence-corrected chi connectivity index (χ0v) is 13.5. The minimum absolute atomic E-state index is 0.00451. The number of carbonyl (C=O) groups is 2. The zero-order valence-electron chi connectivity index (χ0n) is 10.6. The van der Waals surface area contributed by atoms with Gasteiger partial charge in [-0.1, -0.05) is 11.6 Å². The van der Waals surface area contributed by atoms with Gasteiger partial charge < -0.3 is 5.32 Å².